The van der Waals surface area contributed by atoms with Crippen LogP contribution in [0.3, 0.4) is 0 Å². The van der Waals surface area contributed by atoms with E-state index in [2.05, 4.69) is 26.1 Å². The van der Waals surface area contributed by atoms with Crippen molar-refractivity contribution >= 4 is 5.91 Å². The lowest BCUT2D eigenvalue weighted by molar-refractivity contribution is 0.0714. The van der Waals surface area contributed by atoms with Gasteiger partial charge in [0.2, 0.25) is 0 Å². The number of hydrogen-bond acceptors (Lipinski definition) is 2. The van der Waals surface area contributed by atoms with Gasteiger partial charge in [-0.25, -0.2) is 0 Å². The molecule has 3 heteroatoms. The summed E-state index contributed by atoms with van der Waals surface area (Å²) in [7, 11) is 0. The molecule has 124 valence electrons. The van der Waals surface area contributed by atoms with Crippen LogP contribution in [0.4, 0.5) is 0 Å². The monoisotopic (exact) mass is 305 g/mol. The highest BCUT2D eigenvalue weighted by atomic mass is 16.3. The highest BCUT2D eigenvalue weighted by Crippen LogP contribution is 2.15. The summed E-state index contributed by atoms with van der Waals surface area (Å²) in [5.41, 5.74) is 1.11. The first-order valence-electron chi connectivity index (χ1n) is 8.29. The van der Waals surface area contributed by atoms with Gasteiger partial charge in [0, 0.05) is 11.6 Å². The van der Waals surface area contributed by atoms with E-state index >= 15 is 0 Å². The van der Waals surface area contributed by atoms with Crippen LogP contribution in [0, 0.1) is 5.92 Å². The maximum Gasteiger partial charge on any atom is 0.251 e. The van der Waals surface area contributed by atoms with Crippen molar-refractivity contribution in [2.45, 2.75) is 71.9 Å². The molecule has 1 rings (SSSR count). The fraction of sp³-hybridized carbons (Fsp3) is 0.632. The second-order valence-electron chi connectivity index (χ2n) is 7.36. The highest BCUT2D eigenvalue weighted by Gasteiger charge is 2.14. The number of benzene rings is 1. The highest BCUT2D eigenvalue weighted by molar-refractivity contribution is 5.94. The van der Waals surface area contributed by atoms with Crippen LogP contribution in [-0.2, 0) is 6.42 Å². The molecule has 22 heavy (non-hydrogen) atoms. The molecule has 0 aromatic heterocycles. The van der Waals surface area contributed by atoms with Gasteiger partial charge in [0.25, 0.3) is 5.91 Å². The minimum Gasteiger partial charge on any atom is -0.390 e. The van der Waals surface area contributed by atoms with Crippen LogP contribution in [0.1, 0.15) is 69.8 Å². The Balaban J connectivity index is 2.58. The van der Waals surface area contributed by atoms with Gasteiger partial charge in [-0.15, -0.1) is 0 Å². The Morgan fingerprint density at radius 2 is 1.91 bits per heavy atom. The van der Waals surface area contributed by atoms with E-state index in [0.717, 1.165) is 24.8 Å². The number of rotatable bonds is 8. The number of hydrogen-bond donors (Lipinski definition) is 2. The van der Waals surface area contributed by atoms with Gasteiger partial charge in [0.05, 0.1) is 5.60 Å². The van der Waals surface area contributed by atoms with Gasteiger partial charge < -0.3 is 10.4 Å². The molecule has 0 aliphatic rings. The zero-order chi connectivity index (χ0) is 16.8. The van der Waals surface area contributed by atoms with Crippen molar-refractivity contribution in [3.63, 3.8) is 0 Å². The van der Waals surface area contributed by atoms with Crippen LogP contribution in [0.15, 0.2) is 24.3 Å². The van der Waals surface area contributed by atoms with Gasteiger partial charge in [-0.05, 0) is 70.1 Å². The molecule has 0 aliphatic heterocycles. The van der Waals surface area contributed by atoms with Crippen molar-refractivity contribution in [3.8, 4) is 0 Å². The summed E-state index contributed by atoms with van der Waals surface area (Å²) < 4.78 is 0. The Morgan fingerprint density at radius 3 is 2.50 bits per heavy atom. The van der Waals surface area contributed by atoms with E-state index in [0.29, 0.717) is 17.9 Å². The lowest BCUT2D eigenvalue weighted by atomic mass is 9.97. The average Bonchev–Trinajstić information content (AvgIpc) is 2.42. The molecule has 0 radical (unpaired) electrons. The van der Waals surface area contributed by atoms with Gasteiger partial charge in [-0.1, -0.05) is 26.0 Å². The molecule has 1 aromatic rings. The maximum atomic E-state index is 12.3. The van der Waals surface area contributed by atoms with Crippen LogP contribution < -0.4 is 5.32 Å². The van der Waals surface area contributed by atoms with Crippen molar-refractivity contribution < 1.29 is 9.90 Å². The Hall–Kier alpha value is -1.35. The first kappa shape index (κ1) is 18.7. The summed E-state index contributed by atoms with van der Waals surface area (Å²) >= 11 is 0. The van der Waals surface area contributed by atoms with Crippen molar-refractivity contribution in [2.24, 2.45) is 5.92 Å². The molecule has 0 bridgehead atoms. The van der Waals surface area contributed by atoms with Crippen LogP contribution >= 0.6 is 0 Å². The Morgan fingerprint density at radius 1 is 1.23 bits per heavy atom. The molecule has 0 fully saturated rings. The van der Waals surface area contributed by atoms with Crippen LogP contribution in [0.5, 0.6) is 0 Å². The smallest absolute Gasteiger partial charge is 0.251 e. The number of aliphatic hydroxyl groups is 1. The van der Waals surface area contributed by atoms with E-state index in [-0.39, 0.29) is 11.9 Å². The lowest BCUT2D eigenvalue weighted by Gasteiger charge is -2.17. The number of carbonyl (C=O) groups is 1. The molecule has 2 N–H and O–H groups in total. The van der Waals surface area contributed by atoms with Crippen molar-refractivity contribution in [1.82, 2.24) is 5.32 Å². The van der Waals surface area contributed by atoms with Gasteiger partial charge in [0.1, 0.15) is 0 Å². The zero-order valence-electron chi connectivity index (χ0n) is 14.6. The summed E-state index contributed by atoms with van der Waals surface area (Å²) in [6.07, 6.45) is 3.57. The largest absolute Gasteiger partial charge is 0.390 e. The van der Waals surface area contributed by atoms with Gasteiger partial charge in [-0.3, -0.25) is 4.79 Å². The average molecular weight is 305 g/mol. The molecule has 0 heterocycles. The summed E-state index contributed by atoms with van der Waals surface area (Å²) in [5, 5.41) is 12.9. The van der Waals surface area contributed by atoms with E-state index in [1.54, 1.807) is 13.8 Å². The lowest BCUT2D eigenvalue weighted by Crippen LogP contribution is -2.32. The Bertz CT molecular complexity index is 475. The van der Waals surface area contributed by atoms with Crippen molar-refractivity contribution in [2.75, 3.05) is 0 Å². The topological polar surface area (TPSA) is 49.3 Å². The van der Waals surface area contributed by atoms with E-state index in [4.69, 9.17) is 0 Å². The molecule has 0 spiro atoms. The fourth-order valence-corrected chi connectivity index (χ4v) is 2.28. The number of carbonyl (C=O) groups excluding carboxylic acids is 1. The summed E-state index contributed by atoms with van der Waals surface area (Å²) in [6, 6.07) is 7.88. The van der Waals surface area contributed by atoms with Crippen LogP contribution in [-0.4, -0.2) is 22.7 Å². The molecule has 0 aliphatic carbocycles. The normalized spacial score (nSPS) is 13.2. The third-order valence-corrected chi connectivity index (χ3v) is 3.77. The van der Waals surface area contributed by atoms with E-state index < -0.39 is 5.60 Å². The van der Waals surface area contributed by atoms with E-state index in [9.17, 15) is 9.90 Å². The molecular weight excluding hydrogens is 274 g/mol. The quantitative estimate of drug-likeness (QED) is 0.764. The van der Waals surface area contributed by atoms with Gasteiger partial charge in [-0.2, -0.15) is 0 Å². The SMILES string of the molecule is CC(C)CC[C@@H](C)NC(=O)c1cccc(CCC(C)(C)O)c1. The predicted octanol–water partition coefficient (Wildman–Crippen LogP) is 3.94. The fourth-order valence-electron chi connectivity index (χ4n) is 2.28. The third-order valence-electron chi connectivity index (χ3n) is 3.77. The number of aryl methyl sites for hydroxylation is 1. The maximum absolute atomic E-state index is 12.3. The molecule has 1 aromatic carbocycles. The minimum absolute atomic E-state index is 0.0126. The molecule has 0 unspecified atom stereocenters. The molecule has 1 atom stereocenters. The summed E-state index contributed by atoms with van der Waals surface area (Å²) in [6.45, 7) is 10.1. The van der Waals surface area contributed by atoms with Crippen LogP contribution in [0.2, 0.25) is 0 Å². The molecule has 0 saturated heterocycles. The van der Waals surface area contributed by atoms with Crippen LogP contribution in [0.25, 0.3) is 0 Å². The first-order chi connectivity index (χ1) is 10.2. The Labute approximate surface area is 135 Å². The van der Waals surface area contributed by atoms with Crippen molar-refractivity contribution in [1.29, 1.82) is 0 Å². The zero-order valence-corrected chi connectivity index (χ0v) is 14.6. The molecule has 1 amide bonds. The summed E-state index contributed by atoms with van der Waals surface area (Å²) in [5.74, 6) is 0.644. The second-order valence-corrected chi connectivity index (χ2v) is 7.36. The molecule has 3 nitrogen and oxygen atoms in total. The summed E-state index contributed by atoms with van der Waals surface area (Å²) in [4.78, 5) is 12.3. The van der Waals surface area contributed by atoms with Crippen molar-refractivity contribution in [3.05, 3.63) is 35.4 Å². The standard InChI is InChI=1S/C19H31NO2/c1-14(2)9-10-15(3)20-18(21)17-8-6-7-16(13-17)11-12-19(4,5)22/h6-8,13-15,22H,9-12H2,1-5H3,(H,20,21)/t15-/m1/s1. The van der Waals surface area contributed by atoms with Gasteiger partial charge in [0.15, 0.2) is 0 Å². The second kappa shape index (κ2) is 8.33. The molecule has 0 saturated carbocycles. The minimum atomic E-state index is -0.677. The van der Waals surface area contributed by atoms with Gasteiger partial charge >= 0.3 is 0 Å². The number of nitrogens with one attached hydrogen (secondary N) is 1. The van der Waals surface area contributed by atoms with E-state index in [1.807, 2.05) is 24.3 Å². The first-order valence-corrected chi connectivity index (χ1v) is 8.29. The third kappa shape index (κ3) is 7.60. The number of amides is 1. The molecular formula is C19H31NO2. The Kier molecular flexibility index (Phi) is 7.08. The predicted molar refractivity (Wildman–Crippen MR) is 92.1 cm³/mol. The van der Waals surface area contributed by atoms with E-state index in [1.165, 1.54) is 0 Å².